The molecular weight excluding hydrogens is 607 g/mol. The highest BCUT2D eigenvalue weighted by atomic mass is 32.1. The number of nitrogens with zero attached hydrogens (tertiary/aromatic N) is 3. The summed E-state index contributed by atoms with van der Waals surface area (Å²) in [5.74, 6) is 0.788. The van der Waals surface area contributed by atoms with Crippen molar-refractivity contribution in [3.8, 4) is 39.5 Å². The van der Waals surface area contributed by atoms with Gasteiger partial charge in [0, 0.05) is 53.0 Å². The van der Waals surface area contributed by atoms with Crippen molar-refractivity contribution in [1.29, 1.82) is 0 Å². The maximum absolute atomic E-state index is 5.46. The molecule has 6 aromatic carbocycles. The molecule has 3 nitrogen and oxygen atoms in total. The van der Waals surface area contributed by atoms with Gasteiger partial charge in [-0.2, -0.15) is 0 Å². The lowest BCUT2D eigenvalue weighted by molar-refractivity contribution is 1.16. The van der Waals surface area contributed by atoms with E-state index in [4.69, 9.17) is 9.97 Å². The molecule has 0 fully saturated rings. The second-order valence-corrected chi connectivity index (χ2v) is 18.3. The van der Waals surface area contributed by atoms with Crippen molar-refractivity contribution in [3.63, 3.8) is 0 Å². The molecule has 10 rings (SSSR count). The summed E-state index contributed by atoms with van der Waals surface area (Å²) in [5.41, 5.74) is 9.15. The maximum Gasteiger partial charge on any atom is 0.159 e. The number of rotatable bonds is 3. The molecule has 0 saturated carbocycles. The first kappa shape index (κ1) is 26.8. The minimum absolute atomic E-state index is 0.788. The van der Waals surface area contributed by atoms with E-state index in [1.807, 2.05) is 11.3 Å². The summed E-state index contributed by atoms with van der Waals surface area (Å²) in [6.07, 6.45) is 0. The highest BCUT2D eigenvalue weighted by molar-refractivity contribution is 7.25. The van der Waals surface area contributed by atoms with Crippen LogP contribution in [-0.4, -0.2) is 22.6 Å². The van der Waals surface area contributed by atoms with Crippen molar-refractivity contribution in [1.82, 2.24) is 14.5 Å². The lowest BCUT2D eigenvalue weighted by atomic mass is 9.99. The van der Waals surface area contributed by atoms with E-state index in [1.54, 1.807) is 0 Å². The highest BCUT2D eigenvalue weighted by Crippen LogP contribution is 2.43. The third kappa shape index (κ3) is 3.78. The zero-order valence-corrected chi connectivity index (χ0v) is 27.8. The first-order valence-corrected chi connectivity index (χ1v) is 19.9. The smallest absolute Gasteiger partial charge is 0.159 e. The van der Waals surface area contributed by atoms with Gasteiger partial charge in [0.2, 0.25) is 0 Å². The van der Waals surface area contributed by atoms with Crippen LogP contribution in [0.1, 0.15) is 0 Å². The standard InChI is InChI=1S/C42H29N3SSi/c1-47(2)38-23-13-9-19-30(38)39-40(43-41(44-42(39)47)26-14-4-3-5-15-26)29-18-7-11-21-34(29)45-33-20-10-6-16-27(33)31-25-37-32(24-35(31)45)28-17-8-12-22-36(28)46-37/h3-25H,1-2H3. The molecule has 0 bridgehead atoms. The van der Waals surface area contributed by atoms with Crippen LogP contribution in [0.2, 0.25) is 13.1 Å². The van der Waals surface area contributed by atoms with E-state index in [0.29, 0.717) is 0 Å². The lowest BCUT2D eigenvalue weighted by Crippen LogP contribution is -2.50. The van der Waals surface area contributed by atoms with Gasteiger partial charge in [0.05, 0.1) is 22.4 Å². The fourth-order valence-electron chi connectivity index (χ4n) is 7.77. The molecule has 1 aliphatic rings. The van der Waals surface area contributed by atoms with E-state index < -0.39 is 8.07 Å². The number of hydrogen-bond donors (Lipinski definition) is 0. The maximum atomic E-state index is 5.46. The van der Waals surface area contributed by atoms with Crippen LogP contribution in [0, 0.1) is 0 Å². The third-order valence-corrected chi connectivity index (χ3v) is 14.4. The van der Waals surface area contributed by atoms with Crippen molar-refractivity contribution >= 4 is 71.9 Å². The SMILES string of the molecule is C[Si]1(C)c2ccccc2-c2c(-c3ccccc3-n3c4ccccc4c4cc5sc6ccccc6c5cc43)nc(-c3ccccc3)nc21. The van der Waals surface area contributed by atoms with Crippen LogP contribution >= 0.6 is 11.3 Å². The van der Waals surface area contributed by atoms with E-state index in [1.165, 1.54) is 63.6 Å². The largest absolute Gasteiger partial charge is 0.309 e. The Balaban J connectivity index is 1.33. The Labute approximate surface area is 277 Å². The Bertz CT molecular complexity index is 2720. The van der Waals surface area contributed by atoms with E-state index in [9.17, 15) is 0 Å². The molecule has 4 heterocycles. The molecule has 47 heavy (non-hydrogen) atoms. The van der Waals surface area contributed by atoms with Gasteiger partial charge in [0.1, 0.15) is 8.07 Å². The summed E-state index contributed by atoms with van der Waals surface area (Å²) in [5, 5.41) is 7.78. The fourth-order valence-corrected chi connectivity index (χ4v) is 11.8. The van der Waals surface area contributed by atoms with Crippen LogP contribution in [0.3, 0.4) is 0 Å². The monoisotopic (exact) mass is 635 g/mol. The predicted molar refractivity (Wildman–Crippen MR) is 202 cm³/mol. The zero-order chi connectivity index (χ0) is 31.3. The molecular formula is C42H29N3SSi. The van der Waals surface area contributed by atoms with Gasteiger partial charge in [-0.3, -0.25) is 0 Å². The number of hydrogen-bond acceptors (Lipinski definition) is 3. The van der Waals surface area contributed by atoms with Gasteiger partial charge < -0.3 is 4.57 Å². The number of benzene rings is 6. The molecule has 0 radical (unpaired) electrons. The fraction of sp³-hybridized carbons (Fsp3) is 0.0476. The van der Waals surface area contributed by atoms with E-state index >= 15 is 0 Å². The van der Waals surface area contributed by atoms with Crippen molar-refractivity contribution in [2.75, 3.05) is 0 Å². The van der Waals surface area contributed by atoms with Crippen LogP contribution < -0.4 is 10.5 Å². The summed E-state index contributed by atoms with van der Waals surface area (Å²) in [6, 6.07) is 50.6. The van der Waals surface area contributed by atoms with Gasteiger partial charge in [-0.15, -0.1) is 11.3 Å². The summed E-state index contributed by atoms with van der Waals surface area (Å²) in [4.78, 5) is 10.8. The normalized spacial score (nSPS) is 13.5. The van der Waals surface area contributed by atoms with Gasteiger partial charge in [-0.05, 0) is 41.1 Å². The second-order valence-electron chi connectivity index (χ2n) is 13.0. The summed E-state index contributed by atoms with van der Waals surface area (Å²) < 4.78 is 5.10. The molecule has 0 saturated heterocycles. The Morgan fingerprint density at radius 2 is 1.26 bits per heavy atom. The first-order chi connectivity index (χ1) is 23.1. The topological polar surface area (TPSA) is 30.7 Å². The van der Waals surface area contributed by atoms with E-state index in [2.05, 4.69) is 157 Å². The average molecular weight is 636 g/mol. The van der Waals surface area contributed by atoms with Crippen LogP contribution in [0.5, 0.6) is 0 Å². The van der Waals surface area contributed by atoms with Gasteiger partial charge in [0.15, 0.2) is 5.82 Å². The number of fused-ring (bicyclic) bond motifs is 9. The molecule has 9 aromatic rings. The van der Waals surface area contributed by atoms with E-state index in [-0.39, 0.29) is 0 Å². The average Bonchev–Trinajstić information content (AvgIpc) is 3.72. The van der Waals surface area contributed by atoms with Crippen LogP contribution in [0.15, 0.2) is 140 Å². The van der Waals surface area contributed by atoms with Gasteiger partial charge in [-0.1, -0.05) is 122 Å². The molecule has 0 N–H and O–H groups in total. The molecule has 0 spiro atoms. The van der Waals surface area contributed by atoms with Crippen molar-refractivity contribution in [3.05, 3.63) is 140 Å². The minimum Gasteiger partial charge on any atom is -0.309 e. The third-order valence-electron chi connectivity index (χ3n) is 9.97. The van der Waals surface area contributed by atoms with Crippen LogP contribution in [-0.2, 0) is 0 Å². The number of aromatic nitrogens is 3. The molecule has 3 aromatic heterocycles. The lowest BCUT2D eigenvalue weighted by Gasteiger charge is -2.20. The van der Waals surface area contributed by atoms with Crippen LogP contribution in [0.25, 0.3) is 81.4 Å². The Morgan fingerprint density at radius 1 is 0.553 bits per heavy atom. The van der Waals surface area contributed by atoms with E-state index in [0.717, 1.165) is 28.3 Å². The Morgan fingerprint density at radius 3 is 2.13 bits per heavy atom. The Kier molecular flexibility index (Phi) is 5.60. The molecule has 0 unspecified atom stereocenters. The van der Waals surface area contributed by atoms with Gasteiger partial charge >= 0.3 is 0 Å². The predicted octanol–water partition coefficient (Wildman–Crippen LogP) is 10.1. The molecule has 1 aliphatic heterocycles. The summed E-state index contributed by atoms with van der Waals surface area (Å²) in [7, 11) is -2.09. The van der Waals surface area contributed by atoms with Gasteiger partial charge in [0.25, 0.3) is 0 Å². The quantitative estimate of drug-likeness (QED) is 0.181. The zero-order valence-electron chi connectivity index (χ0n) is 26.0. The van der Waals surface area contributed by atoms with Crippen molar-refractivity contribution < 1.29 is 0 Å². The molecule has 5 heteroatoms. The molecule has 0 atom stereocenters. The molecule has 222 valence electrons. The highest BCUT2D eigenvalue weighted by Gasteiger charge is 2.41. The molecule has 0 aliphatic carbocycles. The number of para-hydroxylation sites is 2. The molecule has 0 amide bonds. The van der Waals surface area contributed by atoms with Crippen molar-refractivity contribution in [2.24, 2.45) is 0 Å². The first-order valence-electron chi connectivity index (χ1n) is 16.1. The summed E-state index contributed by atoms with van der Waals surface area (Å²) >= 11 is 1.87. The Hall–Kier alpha value is -5.36. The number of thiophene rings is 1. The second kappa shape index (κ2) is 9.82. The summed E-state index contributed by atoms with van der Waals surface area (Å²) in [6.45, 7) is 4.86. The minimum atomic E-state index is -2.09. The van der Waals surface area contributed by atoms with Crippen molar-refractivity contribution in [2.45, 2.75) is 13.1 Å². The van der Waals surface area contributed by atoms with Gasteiger partial charge in [-0.25, -0.2) is 9.97 Å². The van der Waals surface area contributed by atoms with Crippen LogP contribution in [0.4, 0.5) is 0 Å².